The van der Waals surface area contributed by atoms with Crippen molar-refractivity contribution in [3.63, 3.8) is 0 Å². The van der Waals surface area contributed by atoms with Crippen LogP contribution in [0.4, 0.5) is 0 Å². The van der Waals surface area contributed by atoms with Gasteiger partial charge in [0.15, 0.2) is 24.8 Å². The fourth-order valence-electron chi connectivity index (χ4n) is 1.68. The van der Waals surface area contributed by atoms with Crippen LogP contribution in [0, 0.1) is 0 Å². The lowest BCUT2D eigenvalue weighted by atomic mass is 10.4. The third-order valence-electron chi connectivity index (χ3n) is 2.52. The van der Waals surface area contributed by atoms with Gasteiger partial charge in [0, 0.05) is 47.5 Å². The normalized spacial score (nSPS) is 9.91. The molecule has 2 heterocycles. The average molecular weight is 340 g/mol. The second-order valence-electron chi connectivity index (χ2n) is 4.63. The van der Waals surface area contributed by atoms with Crippen LogP contribution in [0.1, 0.15) is 26.7 Å². The molecule has 0 aliphatic heterocycles. The van der Waals surface area contributed by atoms with E-state index in [0.29, 0.717) is 0 Å². The van der Waals surface area contributed by atoms with Crippen molar-refractivity contribution in [3.8, 4) is 0 Å². The highest BCUT2D eigenvalue weighted by atomic mass is 32.3. The second kappa shape index (κ2) is 12.7. The second-order valence-corrected chi connectivity index (χ2v) is 5.45. The van der Waals surface area contributed by atoms with E-state index in [1.807, 2.05) is 12.1 Å². The van der Waals surface area contributed by atoms with E-state index in [-0.39, 0.29) is 0 Å². The molecule has 128 valence electrons. The predicted molar refractivity (Wildman–Crippen MR) is 84.3 cm³/mol. The summed E-state index contributed by atoms with van der Waals surface area (Å²) in [6.45, 7) is 6.61. The number of aromatic nitrogens is 2. The molecule has 0 atom stereocenters. The SMILES string of the molecule is CCC[n+]1ccccc1.CCC[n+]1ccccc1.O=S(=O)([O-])[O-]. The van der Waals surface area contributed by atoms with Crippen molar-refractivity contribution in [1.29, 1.82) is 0 Å². The Kier molecular flexibility index (Phi) is 11.7. The first-order chi connectivity index (χ1) is 10.9. The summed E-state index contributed by atoms with van der Waals surface area (Å²) >= 11 is 0. The number of aryl methyl sites for hydroxylation is 2. The standard InChI is InChI=1S/2C8H12N.H2O4S/c2*1-2-6-9-7-4-3-5-8-9;1-5(2,3)4/h2*3-5,7-8H,2,6H2,1H3;(H2,1,2,3,4)/q2*+1;/p-2. The molecule has 0 unspecified atom stereocenters. The average Bonchev–Trinajstić information content (AvgIpc) is 2.49. The van der Waals surface area contributed by atoms with Crippen LogP contribution in [0.15, 0.2) is 61.2 Å². The third-order valence-corrected chi connectivity index (χ3v) is 2.52. The Morgan fingerprint density at radius 3 is 1.17 bits per heavy atom. The molecule has 0 aliphatic carbocycles. The number of hydrogen-bond acceptors (Lipinski definition) is 4. The van der Waals surface area contributed by atoms with Crippen molar-refractivity contribution >= 4 is 10.4 Å². The van der Waals surface area contributed by atoms with E-state index in [2.05, 4.69) is 72.0 Å². The Balaban J connectivity index is 0.000000332. The summed E-state index contributed by atoms with van der Waals surface area (Å²) in [5.74, 6) is 0. The van der Waals surface area contributed by atoms with Crippen molar-refractivity contribution < 1.29 is 26.7 Å². The molecule has 23 heavy (non-hydrogen) atoms. The zero-order valence-electron chi connectivity index (χ0n) is 13.5. The molecule has 0 spiro atoms. The van der Waals surface area contributed by atoms with Gasteiger partial charge in [0.25, 0.3) is 0 Å². The largest absolute Gasteiger partial charge is 0.759 e. The topological polar surface area (TPSA) is 88.0 Å². The van der Waals surface area contributed by atoms with Gasteiger partial charge in [-0.2, -0.15) is 0 Å². The quantitative estimate of drug-likeness (QED) is 0.478. The summed E-state index contributed by atoms with van der Waals surface area (Å²) in [7, 11) is -5.17. The highest BCUT2D eigenvalue weighted by Gasteiger charge is 1.91. The predicted octanol–water partition coefficient (Wildman–Crippen LogP) is 1.43. The van der Waals surface area contributed by atoms with Crippen LogP contribution in [0.5, 0.6) is 0 Å². The summed E-state index contributed by atoms with van der Waals surface area (Å²) in [4.78, 5) is 0. The molecule has 0 saturated heterocycles. The molecule has 7 heteroatoms. The molecule has 0 N–H and O–H groups in total. The van der Waals surface area contributed by atoms with Gasteiger partial charge in [0.05, 0.1) is 0 Å². The fraction of sp³-hybridized carbons (Fsp3) is 0.375. The Morgan fingerprint density at radius 2 is 0.957 bits per heavy atom. The molecule has 2 rings (SSSR count). The molecule has 0 radical (unpaired) electrons. The van der Waals surface area contributed by atoms with Gasteiger partial charge in [-0.05, 0) is 0 Å². The fourth-order valence-corrected chi connectivity index (χ4v) is 1.68. The maximum atomic E-state index is 8.52. The van der Waals surface area contributed by atoms with Gasteiger partial charge in [0.2, 0.25) is 0 Å². The van der Waals surface area contributed by atoms with Crippen LogP contribution in [0.25, 0.3) is 0 Å². The molecule has 2 aromatic heterocycles. The van der Waals surface area contributed by atoms with Crippen molar-refractivity contribution in [2.75, 3.05) is 0 Å². The monoisotopic (exact) mass is 340 g/mol. The summed E-state index contributed by atoms with van der Waals surface area (Å²) in [6.07, 6.45) is 10.8. The lowest BCUT2D eigenvalue weighted by Gasteiger charge is -2.06. The van der Waals surface area contributed by atoms with Gasteiger partial charge in [-0.15, -0.1) is 0 Å². The van der Waals surface area contributed by atoms with E-state index in [1.54, 1.807) is 0 Å². The van der Waals surface area contributed by atoms with E-state index >= 15 is 0 Å². The molecular formula is C16H24N2O4S. The lowest BCUT2D eigenvalue weighted by Crippen LogP contribution is -2.31. The summed E-state index contributed by atoms with van der Waals surface area (Å²) < 4.78 is 38.4. The van der Waals surface area contributed by atoms with Crippen LogP contribution in [0.2, 0.25) is 0 Å². The van der Waals surface area contributed by atoms with Crippen LogP contribution in [0.3, 0.4) is 0 Å². The van der Waals surface area contributed by atoms with Crippen LogP contribution in [-0.2, 0) is 23.5 Å². The minimum atomic E-state index is -5.17. The van der Waals surface area contributed by atoms with Crippen LogP contribution >= 0.6 is 0 Å². The van der Waals surface area contributed by atoms with Crippen molar-refractivity contribution in [2.24, 2.45) is 0 Å². The molecule has 0 bridgehead atoms. The summed E-state index contributed by atoms with van der Waals surface area (Å²) in [5, 5.41) is 0. The van der Waals surface area contributed by atoms with Gasteiger partial charge in [-0.1, -0.05) is 26.0 Å². The molecule has 0 amide bonds. The Labute approximate surface area is 138 Å². The van der Waals surface area contributed by atoms with Gasteiger partial charge in [0.1, 0.15) is 13.1 Å². The smallest absolute Gasteiger partial charge is 0.168 e. The minimum absolute atomic E-state index is 1.13. The van der Waals surface area contributed by atoms with E-state index in [4.69, 9.17) is 17.5 Å². The van der Waals surface area contributed by atoms with Gasteiger partial charge in [-0.25, -0.2) is 9.13 Å². The Bertz CT molecular complexity index is 555. The molecule has 0 aliphatic rings. The molecule has 6 nitrogen and oxygen atoms in total. The van der Waals surface area contributed by atoms with Crippen LogP contribution < -0.4 is 9.13 Å². The molecule has 0 fully saturated rings. The minimum Gasteiger partial charge on any atom is -0.759 e. The number of nitrogens with zero attached hydrogens (tertiary/aromatic N) is 2. The maximum absolute atomic E-state index is 8.52. The summed E-state index contributed by atoms with van der Waals surface area (Å²) in [5.41, 5.74) is 0. The van der Waals surface area contributed by atoms with E-state index < -0.39 is 10.4 Å². The first kappa shape index (κ1) is 21.2. The third kappa shape index (κ3) is 16.4. The lowest BCUT2D eigenvalue weighted by molar-refractivity contribution is -0.697. The first-order valence-electron chi connectivity index (χ1n) is 7.41. The Hall–Kier alpha value is -1.83. The molecular weight excluding hydrogens is 316 g/mol. The van der Waals surface area contributed by atoms with Crippen molar-refractivity contribution in [2.45, 2.75) is 39.8 Å². The maximum Gasteiger partial charge on any atom is 0.168 e. The Morgan fingerprint density at radius 1 is 0.696 bits per heavy atom. The van der Waals surface area contributed by atoms with Crippen molar-refractivity contribution in [3.05, 3.63) is 61.2 Å². The number of pyridine rings is 2. The highest BCUT2D eigenvalue weighted by molar-refractivity contribution is 7.79. The van der Waals surface area contributed by atoms with E-state index in [0.717, 1.165) is 13.1 Å². The highest BCUT2D eigenvalue weighted by Crippen LogP contribution is 1.79. The van der Waals surface area contributed by atoms with Gasteiger partial charge < -0.3 is 9.11 Å². The van der Waals surface area contributed by atoms with E-state index in [9.17, 15) is 0 Å². The van der Waals surface area contributed by atoms with Gasteiger partial charge in [-0.3, -0.25) is 8.42 Å². The van der Waals surface area contributed by atoms with E-state index in [1.165, 1.54) is 12.8 Å². The molecule has 0 aromatic carbocycles. The molecule has 2 aromatic rings. The number of rotatable bonds is 4. The van der Waals surface area contributed by atoms with Crippen molar-refractivity contribution in [1.82, 2.24) is 0 Å². The zero-order chi connectivity index (χ0) is 17.6. The molecule has 0 saturated carbocycles. The zero-order valence-corrected chi connectivity index (χ0v) is 14.4. The van der Waals surface area contributed by atoms with Gasteiger partial charge >= 0.3 is 0 Å². The van der Waals surface area contributed by atoms with Crippen LogP contribution in [-0.4, -0.2) is 17.5 Å². The first-order valence-corrected chi connectivity index (χ1v) is 8.75. The number of hydrogen-bond donors (Lipinski definition) is 0. The summed E-state index contributed by atoms with van der Waals surface area (Å²) in [6, 6.07) is 12.3.